The van der Waals surface area contributed by atoms with E-state index in [1.165, 1.54) is 36.3 Å². The molecule has 0 saturated heterocycles. The summed E-state index contributed by atoms with van der Waals surface area (Å²) in [6.07, 6.45) is -0.0634. The molecule has 0 radical (unpaired) electrons. The zero-order valence-electron chi connectivity index (χ0n) is 15.9. The summed E-state index contributed by atoms with van der Waals surface area (Å²) >= 11 is 0. The number of hydrogen-bond donors (Lipinski definition) is 1. The van der Waals surface area contributed by atoms with Crippen molar-refractivity contribution in [3.05, 3.63) is 59.9 Å². The lowest BCUT2D eigenvalue weighted by atomic mass is 10.0. The molecule has 3 rings (SSSR count). The molecule has 1 heterocycles. The topological polar surface area (TPSA) is 84.9 Å². The monoisotopic (exact) mass is 400 g/mol. The number of amides is 2. The van der Waals surface area contributed by atoms with Crippen LogP contribution in [0.2, 0.25) is 0 Å². The van der Waals surface area contributed by atoms with Gasteiger partial charge in [-0.25, -0.2) is 4.39 Å². The molecule has 2 amide bonds. The van der Waals surface area contributed by atoms with Crippen molar-refractivity contribution in [1.82, 2.24) is 5.32 Å². The summed E-state index contributed by atoms with van der Waals surface area (Å²) in [6.45, 7) is 0.0819. The second-order valence-electron chi connectivity index (χ2n) is 6.50. The van der Waals surface area contributed by atoms with E-state index in [0.29, 0.717) is 17.0 Å². The zero-order valence-corrected chi connectivity index (χ0v) is 15.9. The van der Waals surface area contributed by atoms with Crippen molar-refractivity contribution >= 4 is 23.5 Å². The van der Waals surface area contributed by atoms with E-state index in [1.807, 2.05) is 0 Å². The van der Waals surface area contributed by atoms with E-state index >= 15 is 0 Å². The van der Waals surface area contributed by atoms with Crippen molar-refractivity contribution in [1.29, 1.82) is 0 Å². The van der Waals surface area contributed by atoms with Gasteiger partial charge in [0.2, 0.25) is 5.91 Å². The molecule has 152 valence electrons. The summed E-state index contributed by atoms with van der Waals surface area (Å²) in [6, 6.07) is 12.0. The number of rotatable bonds is 7. The Hall–Kier alpha value is -3.42. The highest BCUT2D eigenvalue weighted by atomic mass is 19.1. The molecule has 0 aliphatic carbocycles. The zero-order chi connectivity index (χ0) is 20.8. The number of esters is 1. The molecule has 0 saturated carbocycles. The van der Waals surface area contributed by atoms with E-state index in [9.17, 15) is 18.8 Å². The molecule has 8 heteroatoms. The third-order valence-electron chi connectivity index (χ3n) is 4.58. The van der Waals surface area contributed by atoms with E-state index in [4.69, 9.17) is 4.74 Å². The van der Waals surface area contributed by atoms with Crippen LogP contribution < -0.4 is 15.0 Å². The van der Waals surface area contributed by atoms with Crippen LogP contribution in [0, 0.1) is 5.82 Å². The fourth-order valence-electron chi connectivity index (χ4n) is 3.08. The lowest BCUT2D eigenvalue weighted by molar-refractivity contribution is -0.141. The normalized spacial score (nSPS) is 13.9. The molecule has 0 fully saturated rings. The van der Waals surface area contributed by atoms with Crippen LogP contribution in [-0.4, -0.2) is 38.0 Å². The standard InChI is InChI=1S/C21H21FN2O5/c1-28-21(27)12-16(14-6-8-15(22)9-7-14)23-19(25)10-11-24-17-4-2-3-5-18(17)29-13-20(24)26/h2-9,16H,10-13H2,1H3,(H,23,25)/t16-/m0/s1. The van der Waals surface area contributed by atoms with Crippen LogP contribution >= 0.6 is 0 Å². The number of benzene rings is 2. The summed E-state index contributed by atoms with van der Waals surface area (Å²) in [4.78, 5) is 37.9. The molecule has 1 atom stereocenters. The second-order valence-corrected chi connectivity index (χ2v) is 6.50. The fraction of sp³-hybridized carbons (Fsp3) is 0.286. The molecular weight excluding hydrogens is 379 g/mol. The first-order chi connectivity index (χ1) is 14.0. The predicted molar refractivity (Wildman–Crippen MR) is 103 cm³/mol. The first-order valence-corrected chi connectivity index (χ1v) is 9.11. The number of para-hydroxylation sites is 2. The number of anilines is 1. The van der Waals surface area contributed by atoms with Gasteiger partial charge in [-0.05, 0) is 29.8 Å². The number of methoxy groups -OCH3 is 1. The first-order valence-electron chi connectivity index (χ1n) is 9.11. The molecule has 2 aromatic rings. The number of hydrogen-bond acceptors (Lipinski definition) is 5. The highest BCUT2D eigenvalue weighted by molar-refractivity contribution is 5.98. The van der Waals surface area contributed by atoms with E-state index in [-0.39, 0.29) is 37.8 Å². The van der Waals surface area contributed by atoms with Crippen LogP contribution in [-0.2, 0) is 19.1 Å². The number of ether oxygens (including phenoxy) is 2. The Morgan fingerprint density at radius 1 is 1.21 bits per heavy atom. The fourth-order valence-corrected chi connectivity index (χ4v) is 3.08. The van der Waals surface area contributed by atoms with Gasteiger partial charge in [0.05, 0.1) is 25.3 Å². The Labute approximate surface area is 167 Å². The molecule has 0 spiro atoms. The molecule has 0 unspecified atom stereocenters. The van der Waals surface area contributed by atoms with Gasteiger partial charge in [-0.3, -0.25) is 14.4 Å². The van der Waals surface area contributed by atoms with Crippen LogP contribution in [0.1, 0.15) is 24.4 Å². The maximum atomic E-state index is 13.2. The van der Waals surface area contributed by atoms with Crippen LogP contribution in [0.5, 0.6) is 5.75 Å². The Morgan fingerprint density at radius 2 is 1.93 bits per heavy atom. The minimum absolute atomic E-state index is 0.0267. The number of fused-ring (bicyclic) bond motifs is 1. The molecule has 0 bridgehead atoms. The smallest absolute Gasteiger partial charge is 0.307 e. The van der Waals surface area contributed by atoms with Gasteiger partial charge >= 0.3 is 5.97 Å². The molecule has 29 heavy (non-hydrogen) atoms. The van der Waals surface area contributed by atoms with E-state index in [2.05, 4.69) is 10.1 Å². The van der Waals surface area contributed by atoms with E-state index in [1.54, 1.807) is 24.3 Å². The van der Waals surface area contributed by atoms with Crippen LogP contribution in [0.25, 0.3) is 0 Å². The minimum atomic E-state index is -0.664. The largest absolute Gasteiger partial charge is 0.482 e. The van der Waals surface area contributed by atoms with Crippen molar-refractivity contribution < 1.29 is 28.2 Å². The SMILES string of the molecule is COC(=O)C[C@H](NC(=O)CCN1C(=O)COc2ccccc21)c1ccc(F)cc1. The molecule has 7 nitrogen and oxygen atoms in total. The predicted octanol–water partition coefficient (Wildman–Crippen LogP) is 2.36. The van der Waals surface area contributed by atoms with Gasteiger partial charge in [-0.15, -0.1) is 0 Å². The Bertz CT molecular complexity index is 900. The Balaban J connectivity index is 1.66. The third-order valence-corrected chi connectivity index (χ3v) is 4.58. The summed E-state index contributed by atoms with van der Waals surface area (Å²) in [7, 11) is 1.26. The number of halogens is 1. The lowest BCUT2D eigenvalue weighted by Gasteiger charge is -2.29. The molecule has 1 N–H and O–H groups in total. The van der Waals surface area contributed by atoms with Gasteiger partial charge in [0, 0.05) is 13.0 Å². The van der Waals surface area contributed by atoms with Gasteiger partial charge in [0.1, 0.15) is 11.6 Å². The van der Waals surface area contributed by atoms with E-state index < -0.39 is 17.8 Å². The molecule has 2 aromatic carbocycles. The molecular formula is C21H21FN2O5. The molecule has 1 aliphatic rings. The minimum Gasteiger partial charge on any atom is -0.482 e. The first kappa shape index (κ1) is 20.3. The number of carbonyl (C=O) groups excluding carboxylic acids is 3. The van der Waals surface area contributed by atoms with Gasteiger partial charge < -0.3 is 19.7 Å². The van der Waals surface area contributed by atoms with Crippen LogP contribution in [0.15, 0.2) is 48.5 Å². The van der Waals surface area contributed by atoms with Crippen molar-refractivity contribution in [2.45, 2.75) is 18.9 Å². The maximum Gasteiger partial charge on any atom is 0.307 e. The van der Waals surface area contributed by atoms with Crippen molar-refractivity contribution in [2.75, 3.05) is 25.2 Å². The van der Waals surface area contributed by atoms with Gasteiger partial charge in [0.25, 0.3) is 5.91 Å². The summed E-state index contributed by atoms with van der Waals surface area (Å²) in [5.74, 6) is -0.915. The third kappa shape index (κ3) is 5.10. The number of nitrogens with zero attached hydrogens (tertiary/aromatic N) is 1. The second kappa shape index (κ2) is 9.18. The average Bonchev–Trinajstić information content (AvgIpc) is 2.73. The summed E-state index contributed by atoms with van der Waals surface area (Å²) < 4.78 is 23.3. The van der Waals surface area contributed by atoms with Crippen molar-refractivity contribution in [2.24, 2.45) is 0 Å². The Morgan fingerprint density at radius 3 is 2.66 bits per heavy atom. The van der Waals surface area contributed by atoms with Gasteiger partial charge in [-0.2, -0.15) is 0 Å². The lowest BCUT2D eigenvalue weighted by Crippen LogP contribution is -2.41. The van der Waals surface area contributed by atoms with Crippen molar-refractivity contribution in [3.63, 3.8) is 0 Å². The summed E-state index contributed by atoms with van der Waals surface area (Å²) in [5.41, 5.74) is 1.19. The summed E-state index contributed by atoms with van der Waals surface area (Å²) in [5, 5.41) is 2.76. The van der Waals surface area contributed by atoms with Gasteiger partial charge in [-0.1, -0.05) is 24.3 Å². The highest BCUT2D eigenvalue weighted by Crippen LogP contribution is 2.31. The van der Waals surface area contributed by atoms with Crippen LogP contribution in [0.3, 0.4) is 0 Å². The van der Waals surface area contributed by atoms with Crippen LogP contribution in [0.4, 0.5) is 10.1 Å². The highest BCUT2D eigenvalue weighted by Gasteiger charge is 2.26. The molecule has 0 aromatic heterocycles. The molecule has 1 aliphatic heterocycles. The quantitative estimate of drug-likeness (QED) is 0.722. The van der Waals surface area contributed by atoms with Crippen molar-refractivity contribution in [3.8, 4) is 5.75 Å². The maximum absolute atomic E-state index is 13.2. The Kier molecular flexibility index (Phi) is 6.43. The average molecular weight is 400 g/mol. The van der Waals surface area contributed by atoms with Gasteiger partial charge in [0.15, 0.2) is 6.61 Å². The van der Waals surface area contributed by atoms with E-state index in [0.717, 1.165) is 0 Å². The number of nitrogens with one attached hydrogen (secondary N) is 1. The number of carbonyl (C=O) groups is 3.